The molecule has 0 radical (unpaired) electrons. The number of aromatic nitrogens is 1. The summed E-state index contributed by atoms with van der Waals surface area (Å²) in [5.41, 5.74) is 4.34. The molecule has 0 unspecified atom stereocenters. The average Bonchev–Trinajstić information content (AvgIpc) is 2.48. The first-order chi connectivity index (χ1) is 6.27. The van der Waals surface area contributed by atoms with Crippen LogP contribution in [-0.4, -0.2) is 4.98 Å². The van der Waals surface area contributed by atoms with Crippen LogP contribution in [0.4, 0.5) is 0 Å². The van der Waals surface area contributed by atoms with Gasteiger partial charge in [0.15, 0.2) is 0 Å². The number of fused-ring (bicyclic) bond motifs is 1. The molecule has 0 atom stereocenters. The van der Waals surface area contributed by atoms with E-state index < -0.39 is 0 Å². The number of aryl methyl sites for hydroxylation is 1. The van der Waals surface area contributed by atoms with Crippen molar-refractivity contribution in [1.29, 1.82) is 0 Å². The highest BCUT2D eigenvalue weighted by Gasteiger charge is 2.15. The van der Waals surface area contributed by atoms with Crippen LogP contribution in [0, 0.1) is 5.92 Å². The summed E-state index contributed by atoms with van der Waals surface area (Å²) in [7, 11) is 0. The summed E-state index contributed by atoms with van der Waals surface area (Å²) in [6.45, 7) is 4.46. The molecule has 1 aromatic rings. The van der Waals surface area contributed by atoms with Crippen molar-refractivity contribution in [2.75, 3.05) is 0 Å². The molecule has 2 rings (SSSR count). The van der Waals surface area contributed by atoms with Gasteiger partial charge in [0.25, 0.3) is 0 Å². The van der Waals surface area contributed by atoms with E-state index in [4.69, 9.17) is 0 Å². The minimum atomic E-state index is 0.647. The SMILES string of the molecule is CC(C)/C=C1\CCc2cnccc21. The lowest BCUT2D eigenvalue weighted by Crippen LogP contribution is -1.84. The molecule has 0 fully saturated rings. The zero-order chi connectivity index (χ0) is 9.26. The van der Waals surface area contributed by atoms with Gasteiger partial charge >= 0.3 is 0 Å². The molecule has 1 aliphatic rings. The molecular formula is C12H15N. The molecule has 68 valence electrons. The first kappa shape index (κ1) is 8.49. The highest BCUT2D eigenvalue weighted by Crippen LogP contribution is 2.31. The maximum atomic E-state index is 4.14. The molecule has 1 aliphatic carbocycles. The Morgan fingerprint density at radius 3 is 3.00 bits per heavy atom. The third-order valence-electron chi connectivity index (χ3n) is 2.45. The minimum absolute atomic E-state index is 0.647. The van der Waals surface area contributed by atoms with Crippen molar-refractivity contribution in [2.24, 2.45) is 5.92 Å². The van der Waals surface area contributed by atoms with Crippen LogP contribution in [0.3, 0.4) is 0 Å². The fourth-order valence-corrected chi connectivity index (χ4v) is 1.92. The second-order valence-electron chi connectivity index (χ2n) is 3.97. The van der Waals surface area contributed by atoms with Crippen LogP contribution >= 0.6 is 0 Å². The Morgan fingerprint density at radius 1 is 1.38 bits per heavy atom. The van der Waals surface area contributed by atoms with Gasteiger partial charge in [-0.25, -0.2) is 0 Å². The molecule has 1 heterocycles. The molecule has 0 spiro atoms. The Balaban J connectivity index is 2.38. The highest BCUT2D eigenvalue weighted by molar-refractivity contribution is 5.72. The number of hydrogen-bond donors (Lipinski definition) is 0. The third-order valence-corrected chi connectivity index (χ3v) is 2.45. The monoisotopic (exact) mass is 173 g/mol. The molecule has 0 bridgehead atoms. The Bertz CT molecular complexity index is 337. The van der Waals surface area contributed by atoms with Gasteiger partial charge in [0.05, 0.1) is 0 Å². The number of allylic oxidation sites excluding steroid dienone is 2. The van der Waals surface area contributed by atoms with Crippen molar-refractivity contribution < 1.29 is 0 Å². The van der Waals surface area contributed by atoms with Crippen molar-refractivity contribution in [3.63, 3.8) is 0 Å². The number of rotatable bonds is 1. The van der Waals surface area contributed by atoms with Crippen LogP contribution in [0.15, 0.2) is 24.5 Å². The number of nitrogens with zero attached hydrogens (tertiary/aromatic N) is 1. The zero-order valence-corrected chi connectivity index (χ0v) is 8.25. The molecule has 0 saturated carbocycles. The lowest BCUT2D eigenvalue weighted by Gasteiger charge is -2.01. The second-order valence-corrected chi connectivity index (χ2v) is 3.97. The summed E-state index contributed by atoms with van der Waals surface area (Å²) in [6, 6.07) is 2.14. The van der Waals surface area contributed by atoms with Gasteiger partial charge < -0.3 is 0 Å². The predicted molar refractivity (Wildman–Crippen MR) is 55.4 cm³/mol. The van der Waals surface area contributed by atoms with Crippen molar-refractivity contribution in [3.05, 3.63) is 35.7 Å². The second kappa shape index (κ2) is 3.33. The van der Waals surface area contributed by atoms with Crippen LogP contribution < -0.4 is 0 Å². The summed E-state index contributed by atoms with van der Waals surface area (Å²) >= 11 is 0. The van der Waals surface area contributed by atoms with Gasteiger partial charge in [0.2, 0.25) is 0 Å². The summed E-state index contributed by atoms with van der Waals surface area (Å²) in [4.78, 5) is 4.14. The van der Waals surface area contributed by atoms with E-state index in [0.717, 1.165) is 0 Å². The minimum Gasteiger partial charge on any atom is -0.264 e. The first-order valence-electron chi connectivity index (χ1n) is 4.91. The van der Waals surface area contributed by atoms with E-state index in [-0.39, 0.29) is 0 Å². The Hall–Kier alpha value is -1.11. The van der Waals surface area contributed by atoms with Gasteiger partial charge in [-0.1, -0.05) is 19.9 Å². The van der Waals surface area contributed by atoms with E-state index in [1.54, 1.807) is 0 Å². The molecule has 13 heavy (non-hydrogen) atoms. The van der Waals surface area contributed by atoms with Crippen molar-refractivity contribution >= 4 is 5.57 Å². The topological polar surface area (TPSA) is 12.9 Å². The van der Waals surface area contributed by atoms with Gasteiger partial charge in [0.1, 0.15) is 0 Å². The number of hydrogen-bond acceptors (Lipinski definition) is 1. The molecule has 0 amide bonds. The van der Waals surface area contributed by atoms with E-state index in [1.807, 2.05) is 12.4 Å². The summed E-state index contributed by atoms with van der Waals surface area (Å²) in [5.74, 6) is 0.647. The predicted octanol–water partition coefficient (Wildman–Crippen LogP) is 3.07. The van der Waals surface area contributed by atoms with Gasteiger partial charge in [0, 0.05) is 12.4 Å². The lowest BCUT2D eigenvalue weighted by atomic mass is 10.0. The largest absolute Gasteiger partial charge is 0.264 e. The molecule has 0 aliphatic heterocycles. The molecular weight excluding hydrogens is 158 g/mol. The maximum Gasteiger partial charge on any atom is 0.0306 e. The Morgan fingerprint density at radius 2 is 2.23 bits per heavy atom. The van der Waals surface area contributed by atoms with Crippen LogP contribution in [-0.2, 0) is 6.42 Å². The molecule has 1 nitrogen and oxygen atoms in total. The van der Waals surface area contributed by atoms with Crippen molar-refractivity contribution in [2.45, 2.75) is 26.7 Å². The van der Waals surface area contributed by atoms with Gasteiger partial charge in [-0.3, -0.25) is 4.98 Å². The van der Waals surface area contributed by atoms with E-state index in [9.17, 15) is 0 Å². The van der Waals surface area contributed by atoms with E-state index in [2.05, 4.69) is 31.0 Å². The smallest absolute Gasteiger partial charge is 0.0306 e. The Kier molecular flexibility index (Phi) is 2.17. The quantitative estimate of drug-likeness (QED) is 0.636. The van der Waals surface area contributed by atoms with E-state index >= 15 is 0 Å². The highest BCUT2D eigenvalue weighted by atomic mass is 14.6. The normalized spacial score (nSPS) is 18.2. The average molecular weight is 173 g/mol. The van der Waals surface area contributed by atoms with Crippen molar-refractivity contribution in [3.8, 4) is 0 Å². The summed E-state index contributed by atoms with van der Waals surface area (Å²) in [5, 5.41) is 0. The van der Waals surface area contributed by atoms with Crippen LogP contribution in [0.25, 0.3) is 5.57 Å². The molecule has 0 saturated heterocycles. The van der Waals surface area contributed by atoms with E-state index in [1.165, 1.54) is 29.5 Å². The van der Waals surface area contributed by atoms with Crippen LogP contribution in [0.2, 0.25) is 0 Å². The van der Waals surface area contributed by atoms with Gasteiger partial charge in [-0.15, -0.1) is 0 Å². The van der Waals surface area contributed by atoms with Crippen LogP contribution in [0.5, 0.6) is 0 Å². The van der Waals surface area contributed by atoms with Crippen molar-refractivity contribution in [1.82, 2.24) is 4.98 Å². The molecule has 1 aromatic heterocycles. The first-order valence-corrected chi connectivity index (χ1v) is 4.91. The molecule has 0 N–H and O–H groups in total. The van der Waals surface area contributed by atoms with Crippen LogP contribution in [0.1, 0.15) is 31.4 Å². The summed E-state index contributed by atoms with van der Waals surface area (Å²) < 4.78 is 0. The fraction of sp³-hybridized carbons (Fsp3) is 0.417. The van der Waals surface area contributed by atoms with Gasteiger partial charge in [-0.05, 0) is 41.5 Å². The number of pyridine rings is 1. The summed E-state index contributed by atoms with van der Waals surface area (Å²) in [6.07, 6.45) is 8.61. The lowest BCUT2D eigenvalue weighted by molar-refractivity contribution is 0.830. The standard InChI is InChI=1S/C12H15N/c1-9(2)7-10-3-4-11-8-13-6-5-12(10)11/h5-9H,3-4H2,1-2H3/b10-7+. The fourth-order valence-electron chi connectivity index (χ4n) is 1.92. The Labute approximate surface area is 79.5 Å². The zero-order valence-electron chi connectivity index (χ0n) is 8.25. The molecule has 1 heteroatoms. The third kappa shape index (κ3) is 1.64. The molecule has 0 aromatic carbocycles. The van der Waals surface area contributed by atoms with Gasteiger partial charge in [-0.2, -0.15) is 0 Å². The maximum absolute atomic E-state index is 4.14. The van der Waals surface area contributed by atoms with E-state index in [0.29, 0.717) is 5.92 Å².